The van der Waals surface area contributed by atoms with Crippen LogP contribution >= 0.6 is 0 Å². The SMILES string of the molecule is Cc1ccccc1C(=O)CCN(C)C1CCCCCC1. The molecule has 0 unspecified atom stereocenters. The Kier molecular flexibility index (Phi) is 5.78. The first-order chi connectivity index (χ1) is 9.68. The fourth-order valence-electron chi connectivity index (χ4n) is 3.18. The molecule has 0 atom stereocenters. The number of benzene rings is 1. The van der Waals surface area contributed by atoms with Crippen molar-refractivity contribution in [1.82, 2.24) is 4.90 Å². The van der Waals surface area contributed by atoms with E-state index in [4.69, 9.17) is 0 Å². The normalized spacial score (nSPS) is 17.1. The molecule has 1 aromatic carbocycles. The lowest BCUT2D eigenvalue weighted by Crippen LogP contribution is -2.33. The third-order valence-electron chi connectivity index (χ3n) is 4.59. The maximum atomic E-state index is 12.3. The van der Waals surface area contributed by atoms with Crippen LogP contribution in [0.4, 0.5) is 0 Å². The molecule has 0 saturated heterocycles. The molecule has 1 aliphatic carbocycles. The van der Waals surface area contributed by atoms with Gasteiger partial charge < -0.3 is 4.90 Å². The number of carbonyl (C=O) groups is 1. The van der Waals surface area contributed by atoms with E-state index in [0.29, 0.717) is 12.5 Å². The zero-order valence-corrected chi connectivity index (χ0v) is 12.9. The van der Waals surface area contributed by atoms with Crippen LogP contribution in [-0.2, 0) is 0 Å². The highest BCUT2D eigenvalue weighted by atomic mass is 16.1. The van der Waals surface area contributed by atoms with Crippen molar-refractivity contribution in [1.29, 1.82) is 0 Å². The largest absolute Gasteiger partial charge is 0.303 e. The molecule has 0 spiro atoms. The molecular formula is C18H27NO. The maximum Gasteiger partial charge on any atom is 0.164 e. The van der Waals surface area contributed by atoms with Gasteiger partial charge in [0.2, 0.25) is 0 Å². The van der Waals surface area contributed by atoms with Crippen LogP contribution in [0.25, 0.3) is 0 Å². The molecule has 0 aromatic heterocycles. The summed E-state index contributed by atoms with van der Waals surface area (Å²) < 4.78 is 0. The zero-order chi connectivity index (χ0) is 14.4. The Morgan fingerprint density at radius 1 is 1.15 bits per heavy atom. The van der Waals surface area contributed by atoms with Crippen molar-refractivity contribution < 1.29 is 4.79 Å². The van der Waals surface area contributed by atoms with E-state index in [-0.39, 0.29) is 5.78 Å². The van der Waals surface area contributed by atoms with Crippen molar-refractivity contribution in [3.05, 3.63) is 35.4 Å². The zero-order valence-electron chi connectivity index (χ0n) is 12.9. The van der Waals surface area contributed by atoms with E-state index in [1.54, 1.807) is 0 Å². The Morgan fingerprint density at radius 2 is 1.80 bits per heavy atom. The number of hydrogen-bond acceptors (Lipinski definition) is 2. The molecule has 0 radical (unpaired) electrons. The second-order valence-electron chi connectivity index (χ2n) is 6.11. The van der Waals surface area contributed by atoms with E-state index in [1.165, 1.54) is 38.5 Å². The van der Waals surface area contributed by atoms with Crippen LogP contribution in [0, 0.1) is 6.92 Å². The summed E-state index contributed by atoms with van der Waals surface area (Å²) in [6.07, 6.45) is 8.70. The molecule has 2 nitrogen and oxygen atoms in total. The van der Waals surface area contributed by atoms with E-state index >= 15 is 0 Å². The number of nitrogens with zero attached hydrogens (tertiary/aromatic N) is 1. The Hall–Kier alpha value is -1.15. The van der Waals surface area contributed by atoms with Gasteiger partial charge in [-0.05, 0) is 32.4 Å². The standard InChI is InChI=1S/C18H27NO/c1-15-9-7-8-12-17(15)18(20)13-14-19(2)16-10-5-3-4-6-11-16/h7-9,12,16H,3-6,10-11,13-14H2,1-2H3. The first-order valence-electron chi connectivity index (χ1n) is 7.97. The number of rotatable bonds is 5. The molecule has 0 N–H and O–H groups in total. The Balaban J connectivity index is 1.85. The van der Waals surface area contributed by atoms with Gasteiger partial charge in [-0.3, -0.25) is 4.79 Å². The fourth-order valence-corrected chi connectivity index (χ4v) is 3.18. The van der Waals surface area contributed by atoms with Gasteiger partial charge in [0.05, 0.1) is 0 Å². The highest BCUT2D eigenvalue weighted by Crippen LogP contribution is 2.21. The minimum absolute atomic E-state index is 0.281. The minimum atomic E-state index is 0.281. The van der Waals surface area contributed by atoms with E-state index < -0.39 is 0 Å². The summed E-state index contributed by atoms with van der Waals surface area (Å²) in [5.74, 6) is 0.281. The molecule has 1 saturated carbocycles. The smallest absolute Gasteiger partial charge is 0.164 e. The summed E-state index contributed by atoms with van der Waals surface area (Å²) in [5.41, 5.74) is 1.98. The average molecular weight is 273 g/mol. The lowest BCUT2D eigenvalue weighted by atomic mass is 10.0. The van der Waals surface area contributed by atoms with Crippen LogP contribution < -0.4 is 0 Å². The van der Waals surface area contributed by atoms with Crippen molar-refractivity contribution in [2.45, 2.75) is 57.9 Å². The van der Waals surface area contributed by atoms with Crippen LogP contribution in [0.1, 0.15) is 60.9 Å². The van der Waals surface area contributed by atoms with Gasteiger partial charge in [-0.25, -0.2) is 0 Å². The van der Waals surface area contributed by atoms with Gasteiger partial charge in [-0.15, -0.1) is 0 Å². The Bertz CT molecular complexity index is 433. The van der Waals surface area contributed by atoms with Gasteiger partial charge in [0, 0.05) is 24.6 Å². The first-order valence-corrected chi connectivity index (χ1v) is 7.97. The Labute approximate surface area is 123 Å². The van der Waals surface area contributed by atoms with Crippen LogP contribution in [0.3, 0.4) is 0 Å². The van der Waals surface area contributed by atoms with Gasteiger partial charge in [-0.1, -0.05) is 49.9 Å². The highest BCUT2D eigenvalue weighted by Gasteiger charge is 2.18. The number of hydrogen-bond donors (Lipinski definition) is 0. The monoisotopic (exact) mass is 273 g/mol. The lowest BCUT2D eigenvalue weighted by Gasteiger charge is -2.26. The maximum absolute atomic E-state index is 12.3. The van der Waals surface area contributed by atoms with Gasteiger partial charge in [0.25, 0.3) is 0 Å². The summed E-state index contributed by atoms with van der Waals surface area (Å²) in [6, 6.07) is 8.59. The summed E-state index contributed by atoms with van der Waals surface area (Å²) in [4.78, 5) is 14.7. The molecule has 1 aromatic rings. The number of aryl methyl sites for hydroxylation is 1. The molecule has 1 fully saturated rings. The second kappa shape index (κ2) is 7.58. The molecular weight excluding hydrogens is 246 g/mol. The third kappa shape index (κ3) is 4.17. The average Bonchev–Trinajstić information content (AvgIpc) is 2.74. The van der Waals surface area contributed by atoms with Gasteiger partial charge >= 0.3 is 0 Å². The molecule has 0 amide bonds. The highest BCUT2D eigenvalue weighted by molar-refractivity contribution is 5.97. The number of Topliss-reactive ketones (excluding diaryl/α,β-unsaturated/α-hetero) is 1. The molecule has 0 aliphatic heterocycles. The molecule has 0 heterocycles. The molecule has 20 heavy (non-hydrogen) atoms. The fraction of sp³-hybridized carbons (Fsp3) is 0.611. The molecule has 0 bridgehead atoms. The third-order valence-corrected chi connectivity index (χ3v) is 4.59. The predicted molar refractivity (Wildman–Crippen MR) is 84.2 cm³/mol. The lowest BCUT2D eigenvalue weighted by molar-refractivity contribution is 0.0957. The molecule has 2 rings (SSSR count). The summed E-state index contributed by atoms with van der Waals surface area (Å²) in [6.45, 7) is 2.90. The van der Waals surface area contributed by atoms with E-state index in [1.807, 2.05) is 31.2 Å². The summed E-state index contributed by atoms with van der Waals surface area (Å²) in [5, 5.41) is 0. The number of ketones is 1. The van der Waals surface area contributed by atoms with Crippen molar-refractivity contribution >= 4 is 5.78 Å². The topological polar surface area (TPSA) is 20.3 Å². The molecule has 2 heteroatoms. The minimum Gasteiger partial charge on any atom is -0.303 e. The van der Waals surface area contributed by atoms with Crippen molar-refractivity contribution in [2.75, 3.05) is 13.6 Å². The summed E-state index contributed by atoms with van der Waals surface area (Å²) in [7, 11) is 2.18. The van der Waals surface area contributed by atoms with Gasteiger partial charge in [0.1, 0.15) is 0 Å². The molecule has 1 aliphatic rings. The van der Waals surface area contributed by atoms with Gasteiger partial charge in [-0.2, -0.15) is 0 Å². The summed E-state index contributed by atoms with van der Waals surface area (Å²) >= 11 is 0. The Morgan fingerprint density at radius 3 is 2.45 bits per heavy atom. The van der Waals surface area contributed by atoms with E-state index in [9.17, 15) is 4.79 Å². The van der Waals surface area contributed by atoms with Crippen molar-refractivity contribution in [2.24, 2.45) is 0 Å². The van der Waals surface area contributed by atoms with Crippen molar-refractivity contribution in [3.63, 3.8) is 0 Å². The predicted octanol–water partition coefficient (Wildman–Crippen LogP) is 4.22. The van der Waals surface area contributed by atoms with E-state index in [0.717, 1.165) is 17.7 Å². The van der Waals surface area contributed by atoms with E-state index in [2.05, 4.69) is 11.9 Å². The first kappa shape index (κ1) is 15.2. The molecule has 110 valence electrons. The van der Waals surface area contributed by atoms with Crippen LogP contribution in [0.5, 0.6) is 0 Å². The number of carbonyl (C=O) groups excluding carboxylic acids is 1. The van der Waals surface area contributed by atoms with Gasteiger partial charge in [0.15, 0.2) is 5.78 Å². The quantitative estimate of drug-likeness (QED) is 0.591. The second-order valence-corrected chi connectivity index (χ2v) is 6.11. The van der Waals surface area contributed by atoms with Crippen LogP contribution in [0.2, 0.25) is 0 Å². The van der Waals surface area contributed by atoms with Crippen LogP contribution in [0.15, 0.2) is 24.3 Å². The van der Waals surface area contributed by atoms with Crippen LogP contribution in [-0.4, -0.2) is 30.3 Å². The van der Waals surface area contributed by atoms with Crippen molar-refractivity contribution in [3.8, 4) is 0 Å².